The highest BCUT2D eigenvalue weighted by atomic mass is 19.4. The molecule has 2 N–H and O–H groups in total. The maximum atomic E-state index is 13.4. The fourth-order valence-electron chi connectivity index (χ4n) is 4.76. The average Bonchev–Trinajstić information content (AvgIpc) is 3.13. The number of carbonyl (C=O) groups excluding carboxylic acids is 2. The van der Waals surface area contributed by atoms with Crippen LogP contribution in [0.5, 0.6) is 11.5 Å². The van der Waals surface area contributed by atoms with Crippen molar-refractivity contribution in [1.82, 2.24) is 10.2 Å². The van der Waals surface area contributed by atoms with E-state index in [0.29, 0.717) is 54.7 Å². The van der Waals surface area contributed by atoms with Gasteiger partial charge in [-0.2, -0.15) is 13.2 Å². The van der Waals surface area contributed by atoms with Gasteiger partial charge in [0.2, 0.25) is 0 Å². The lowest BCUT2D eigenvalue weighted by atomic mass is 9.87. The van der Waals surface area contributed by atoms with Crippen LogP contribution in [-0.2, 0) is 22.4 Å². The molecule has 0 aromatic heterocycles. The predicted molar refractivity (Wildman–Crippen MR) is 145 cm³/mol. The highest BCUT2D eigenvalue weighted by Gasteiger charge is 2.52. The minimum absolute atomic E-state index is 0.0154. The first-order valence-corrected chi connectivity index (χ1v) is 13.7. The van der Waals surface area contributed by atoms with Gasteiger partial charge in [-0.15, -0.1) is 0 Å². The van der Waals surface area contributed by atoms with E-state index < -0.39 is 23.3 Å². The van der Waals surface area contributed by atoms with Crippen molar-refractivity contribution in [2.75, 3.05) is 13.2 Å². The van der Waals surface area contributed by atoms with Gasteiger partial charge in [0.25, 0.3) is 5.91 Å². The van der Waals surface area contributed by atoms with Crippen molar-refractivity contribution in [1.29, 1.82) is 0 Å². The lowest BCUT2D eigenvalue weighted by Crippen LogP contribution is -2.43. The zero-order chi connectivity index (χ0) is 29.7. The number of nitrogens with zero attached hydrogens (tertiary/aromatic N) is 1. The molecule has 2 aromatic rings. The number of ether oxygens (including phenoxy) is 2. The summed E-state index contributed by atoms with van der Waals surface area (Å²) in [5.41, 5.74) is -3.08. The number of halogens is 3. The second-order valence-electron chi connectivity index (χ2n) is 10.5. The summed E-state index contributed by atoms with van der Waals surface area (Å²) in [5.74, 6) is 0.825. The molecule has 3 rings (SSSR count). The Kier molecular flexibility index (Phi) is 9.76. The Labute approximate surface area is 233 Å². The maximum absolute atomic E-state index is 13.4. The van der Waals surface area contributed by atoms with Gasteiger partial charge in [-0.05, 0) is 87.4 Å². The summed E-state index contributed by atoms with van der Waals surface area (Å²) >= 11 is 0. The Bertz CT molecular complexity index is 1180. The molecule has 0 saturated carbocycles. The number of amides is 3. The van der Waals surface area contributed by atoms with E-state index in [1.165, 1.54) is 23.1 Å². The zero-order valence-corrected chi connectivity index (χ0v) is 23.7. The SMILES string of the molecule is CCCc1cc(C(C)(O)C(F)(F)F)ccc1OCCCCN1C(=O)NC(CC)(c2ccc(OC(C)C)cc2)C1=O. The van der Waals surface area contributed by atoms with Crippen LogP contribution in [0.1, 0.15) is 77.0 Å². The quantitative estimate of drug-likeness (QED) is 0.223. The van der Waals surface area contributed by atoms with Crippen LogP contribution in [0.2, 0.25) is 0 Å². The van der Waals surface area contributed by atoms with Gasteiger partial charge in [0.1, 0.15) is 17.0 Å². The minimum atomic E-state index is -4.81. The first-order chi connectivity index (χ1) is 18.8. The molecule has 2 aromatic carbocycles. The van der Waals surface area contributed by atoms with E-state index in [4.69, 9.17) is 9.47 Å². The lowest BCUT2D eigenvalue weighted by Gasteiger charge is -2.27. The Hall–Kier alpha value is -3.27. The number of urea groups is 1. The first kappa shape index (κ1) is 31.3. The second kappa shape index (κ2) is 12.5. The Morgan fingerprint density at radius 2 is 1.73 bits per heavy atom. The highest BCUT2D eigenvalue weighted by Crippen LogP contribution is 2.40. The Balaban J connectivity index is 1.60. The first-order valence-electron chi connectivity index (χ1n) is 13.7. The molecule has 1 aliphatic heterocycles. The molecule has 0 radical (unpaired) electrons. The van der Waals surface area contributed by atoms with E-state index in [9.17, 15) is 27.9 Å². The summed E-state index contributed by atoms with van der Waals surface area (Å²) in [5, 5.41) is 12.9. The van der Waals surface area contributed by atoms with E-state index in [-0.39, 0.29) is 30.7 Å². The predicted octanol–water partition coefficient (Wildman–Crippen LogP) is 6.21. The van der Waals surface area contributed by atoms with Crippen LogP contribution in [0.25, 0.3) is 0 Å². The van der Waals surface area contributed by atoms with Gasteiger partial charge >= 0.3 is 12.2 Å². The van der Waals surface area contributed by atoms with Crippen molar-refractivity contribution in [2.45, 2.75) is 90.1 Å². The summed E-state index contributed by atoms with van der Waals surface area (Å²) in [6.45, 7) is 8.80. The van der Waals surface area contributed by atoms with E-state index in [0.717, 1.165) is 6.92 Å². The molecule has 7 nitrogen and oxygen atoms in total. The van der Waals surface area contributed by atoms with Crippen molar-refractivity contribution in [3.63, 3.8) is 0 Å². The van der Waals surface area contributed by atoms with Crippen LogP contribution in [0.15, 0.2) is 42.5 Å². The van der Waals surface area contributed by atoms with Gasteiger partial charge in [0, 0.05) is 6.54 Å². The Morgan fingerprint density at radius 1 is 1.05 bits per heavy atom. The number of carbonyl (C=O) groups is 2. The van der Waals surface area contributed by atoms with E-state index in [2.05, 4.69) is 5.32 Å². The Morgan fingerprint density at radius 3 is 2.30 bits per heavy atom. The number of nitrogens with one attached hydrogen (secondary N) is 1. The van der Waals surface area contributed by atoms with E-state index in [1.54, 1.807) is 24.3 Å². The van der Waals surface area contributed by atoms with Crippen LogP contribution in [0, 0.1) is 0 Å². The third kappa shape index (κ3) is 6.54. The maximum Gasteiger partial charge on any atom is 0.421 e. The number of aliphatic hydroxyl groups is 1. The zero-order valence-electron chi connectivity index (χ0n) is 23.7. The number of unbranched alkanes of at least 4 members (excludes halogenated alkanes) is 1. The molecule has 1 heterocycles. The van der Waals surface area contributed by atoms with Crippen LogP contribution >= 0.6 is 0 Å². The smallest absolute Gasteiger partial charge is 0.421 e. The summed E-state index contributed by atoms with van der Waals surface area (Å²) in [4.78, 5) is 27.4. The van der Waals surface area contributed by atoms with Crippen molar-refractivity contribution in [3.8, 4) is 11.5 Å². The fraction of sp³-hybridized carbons (Fsp3) is 0.533. The van der Waals surface area contributed by atoms with Crippen molar-refractivity contribution in [2.24, 2.45) is 0 Å². The third-order valence-corrected chi connectivity index (χ3v) is 7.15. The highest BCUT2D eigenvalue weighted by molar-refractivity contribution is 6.07. The molecular weight excluding hydrogens is 525 g/mol. The molecule has 10 heteroatoms. The number of alkyl halides is 3. The van der Waals surface area contributed by atoms with E-state index in [1.807, 2.05) is 27.7 Å². The number of rotatable bonds is 13. The lowest BCUT2D eigenvalue weighted by molar-refractivity contribution is -0.258. The van der Waals surface area contributed by atoms with Crippen LogP contribution in [-0.4, -0.2) is 47.4 Å². The van der Waals surface area contributed by atoms with Gasteiger partial charge < -0.3 is 19.9 Å². The molecule has 220 valence electrons. The largest absolute Gasteiger partial charge is 0.493 e. The molecule has 2 unspecified atom stereocenters. The van der Waals surface area contributed by atoms with Crippen LogP contribution < -0.4 is 14.8 Å². The summed E-state index contributed by atoms with van der Waals surface area (Å²) in [7, 11) is 0. The van der Waals surface area contributed by atoms with Gasteiger partial charge in [-0.25, -0.2) is 4.79 Å². The standard InChI is InChI=1S/C30H39F3N2O5/c1-6-10-21-19-23(28(5,38)30(31,32)33)13-16-25(21)39-18-9-8-17-35-26(36)29(7-2,34-27(35)37)22-11-14-24(15-12-22)40-20(3)4/h11-16,19-20,38H,6-10,17-18H2,1-5H3,(H,34,37). The second-order valence-corrected chi connectivity index (χ2v) is 10.5. The molecule has 2 atom stereocenters. The van der Waals surface area contributed by atoms with Gasteiger partial charge in [-0.1, -0.05) is 38.5 Å². The van der Waals surface area contributed by atoms with E-state index >= 15 is 0 Å². The van der Waals surface area contributed by atoms with Gasteiger partial charge in [0.15, 0.2) is 5.60 Å². The van der Waals surface area contributed by atoms with Crippen LogP contribution in [0.3, 0.4) is 0 Å². The van der Waals surface area contributed by atoms with Crippen molar-refractivity contribution in [3.05, 3.63) is 59.2 Å². The van der Waals surface area contributed by atoms with Crippen LogP contribution in [0.4, 0.5) is 18.0 Å². The normalized spacial score (nSPS) is 19.1. The molecular formula is C30H39F3N2O5. The molecule has 3 amide bonds. The van der Waals surface area contributed by atoms with Crippen molar-refractivity contribution >= 4 is 11.9 Å². The minimum Gasteiger partial charge on any atom is -0.493 e. The summed E-state index contributed by atoms with van der Waals surface area (Å²) in [6.07, 6.45) is -2.22. The number of benzene rings is 2. The van der Waals surface area contributed by atoms with Gasteiger partial charge in [0.05, 0.1) is 12.7 Å². The van der Waals surface area contributed by atoms with Gasteiger partial charge in [-0.3, -0.25) is 9.69 Å². The van der Waals surface area contributed by atoms with Crippen molar-refractivity contribution < 1.29 is 37.3 Å². The summed E-state index contributed by atoms with van der Waals surface area (Å²) in [6, 6.07) is 10.7. The third-order valence-electron chi connectivity index (χ3n) is 7.15. The number of aryl methyl sites for hydroxylation is 1. The molecule has 1 fully saturated rings. The molecule has 0 aliphatic carbocycles. The molecule has 1 saturated heterocycles. The summed E-state index contributed by atoms with van der Waals surface area (Å²) < 4.78 is 51.4. The monoisotopic (exact) mass is 564 g/mol. The molecule has 40 heavy (non-hydrogen) atoms. The molecule has 0 spiro atoms. The topological polar surface area (TPSA) is 88.1 Å². The number of hydrogen-bond acceptors (Lipinski definition) is 5. The molecule has 0 bridgehead atoms. The number of imide groups is 1. The number of hydrogen-bond donors (Lipinski definition) is 2. The fourth-order valence-corrected chi connectivity index (χ4v) is 4.76. The average molecular weight is 565 g/mol. The molecule has 1 aliphatic rings.